The summed E-state index contributed by atoms with van der Waals surface area (Å²) in [5, 5.41) is 9.03. The van der Waals surface area contributed by atoms with E-state index in [4.69, 9.17) is 9.84 Å². The van der Waals surface area contributed by atoms with Gasteiger partial charge in [0.2, 0.25) is 0 Å². The molecule has 1 atom stereocenters. The highest BCUT2D eigenvalue weighted by Gasteiger charge is 2.21. The molecule has 4 heteroatoms. The van der Waals surface area contributed by atoms with E-state index >= 15 is 0 Å². The molecule has 4 nitrogen and oxygen atoms in total. The Labute approximate surface area is 181 Å². The molecule has 29 heavy (non-hydrogen) atoms. The van der Waals surface area contributed by atoms with Gasteiger partial charge in [-0.25, -0.2) is 0 Å². The van der Waals surface area contributed by atoms with Crippen molar-refractivity contribution in [2.45, 2.75) is 109 Å². The lowest BCUT2D eigenvalue weighted by molar-refractivity contribution is -0.873. The summed E-state index contributed by atoms with van der Waals surface area (Å²) < 4.78 is 6.57. The van der Waals surface area contributed by atoms with Crippen LogP contribution in [-0.2, 0) is 9.53 Å². The van der Waals surface area contributed by atoms with Crippen LogP contribution >= 0.6 is 0 Å². The molecule has 1 N–H and O–H groups in total. The van der Waals surface area contributed by atoms with E-state index in [2.05, 4.69) is 40.2 Å². The number of rotatable bonds is 21. The van der Waals surface area contributed by atoms with Gasteiger partial charge in [-0.2, -0.15) is 0 Å². The molecule has 172 valence electrons. The van der Waals surface area contributed by atoms with E-state index in [9.17, 15) is 4.79 Å². The Morgan fingerprint density at radius 1 is 0.828 bits per heavy atom. The molecule has 0 fully saturated rings. The maximum absolute atomic E-state index is 11.0. The Bertz CT molecular complexity index is 401. The van der Waals surface area contributed by atoms with Crippen molar-refractivity contribution in [3.05, 3.63) is 12.2 Å². The van der Waals surface area contributed by atoms with Crippen molar-refractivity contribution < 1.29 is 19.1 Å². The maximum atomic E-state index is 11.0. The van der Waals surface area contributed by atoms with E-state index in [0.717, 1.165) is 17.4 Å². The molecule has 0 heterocycles. The third-order valence-electron chi connectivity index (χ3n) is 5.16. The average Bonchev–Trinajstić information content (AvgIpc) is 2.62. The van der Waals surface area contributed by atoms with Crippen molar-refractivity contribution in [1.82, 2.24) is 0 Å². The maximum Gasteiger partial charge on any atom is 0.306 e. The molecule has 0 aliphatic rings. The Kier molecular flexibility index (Phi) is 18.5. The monoisotopic (exact) mass is 412 g/mol. The van der Waals surface area contributed by atoms with Gasteiger partial charge in [-0.1, -0.05) is 76.9 Å². The zero-order valence-electron chi connectivity index (χ0n) is 20.0. The lowest BCUT2D eigenvalue weighted by Crippen LogP contribution is -2.43. The second-order valence-corrected chi connectivity index (χ2v) is 9.50. The molecule has 0 saturated carbocycles. The molecule has 0 amide bonds. The molecular weight excluding hydrogens is 362 g/mol. The van der Waals surface area contributed by atoms with Gasteiger partial charge in [-0.15, -0.1) is 0 Å². The second kappa shape index (κ2) is 19.1. The topological polar surface area (TPSA) is 46.5 Å². The normalized spacial score (nSPS) is 13.2. The molecule has 0 radical (unpaired) electrons. The Morgan fingerprint density at radius 3 is 1.79 bits per heavy atom. The fourth-order valence-electron chi connectivity index (χ4n) is 3.58. The van der Waals surface area contributed by atoms with Crippen molar-refractivity contribution in [3.8, 4) is 0 Å². The SMILES string of the molecule is CCCCCCCC/C=C\CCCCCCCCOC(CC(=O)O)C[N+](C)(C)C. The van der Waals surface area contributed by atoms with Crippen molar-refractivity contribution >= 4 is 5.97 Å². The van der Waals surface area contributed by atoms with E-state index in [1.807, 2.05) is 0 Å². The smallest absolute Gasteiger partial charge is 0.306 e. The number of hydrogen-bond donors (Lipinski definition) is 1. The van der Waals surface area contributed by atoms with Crippen LogP contribution in [0, 0.1) is 0 Å². The number of ether oxygens (including phenoxy) is 1. The van der Waals surface area contributed by atoms with Gasteiger partial charge in [-0.05, 0) is 32.1 Å². The molecular formula is C25H50NO3+. The molecule has 0 rings (SSSR count). The number of allylic oxidation sites excluding steroid dienone is 2. The van der Waals surface area contributed by atoms with E-state index in [-0.39, 0.29) is 12.5 Å². The Hall–Kier alpha value is -0.870. The van der Waals surface area contributed by atoms with E-state index in [1.54, 1.807) is 0 Å². The highest BCUT2D eigenvalue weighted by Crippen LogP contribution is 2.11. The van der Waals surface area contributed by atoms with Gasteiger partial charge in [0.15, 0.2) is 0 Å². The molecule has 0 aliphatic carbocycles. The van der Waals surface area contributed by atoms with Crippen LogP contribution in [0.15, 0.2) is 12.2 Å². The molecule has 0 aliphatic heterocycles. The number of quaternary nitrogens is 1. The van der Waals surface area contributed by atoms with Crippen molar-refractivity contribution in [1.29, 1.82) is 0 Å². The average molecular weight is 413 g/mol. The van der Waals surface area contributed by atoms with Gasteiger partial charge in [0, 0.05) is 6.61 Å². The fraction of sp³-hybridized carbons (Fsp3) is 0.880. The predicted molar refractivity (Wildman–Crippen MR) is 124 cm³/mol. The number of nitrogens with zero attached hydrogens (tertiary/aromatic N) is 1. The molecule has 0 saturated heterocycles. The lowest BCUT2D eigenvalue weighted by atomic mass is 10.1. The lowest BCUT2D eigenvalue weighted by Gasteiger charge is -2.28. The van der Waals surface area contributed by atoms with Crippen LogP contribution in [0.3, 0.4) is 0 Å². The molecule has 1 unspecified atom stereocenters. The van der Waals surface area contributed by atoms with E-state index in [0.29, 0.717) is 6.61 Å². The summed E-state index contributed by atoms with van der Waals surface area (Å²) in [6.07, 6.45) is 22.8. The third kappa shape index (κ3) is 23.3. The van der Waals surface area contributed by atoms with Gasteiger partial charge in [0.25, 0.3) is 0 Å². The minimum absolute atomic E-state index is 0.0991. The Morgan fingerprint density at radius 2 is 1.31 bits per heavy atom. The number of carboxylic acids is 1. The third-order valence-corrected chi connectivity index (χ3v) is 5.16. The molecule has 0 aromatic carbocycles. The van der Waals surface area contributed by atoms with Gasteiger partial charge >= 0.3 is 5.97 Å². The van der Waals surface area contributed by atoms with Crippen molar-refractivity contribution in [2.24, 2.45) is 0 Å². The molecule has 0 aromatic rings. The first-order valence-corrected chi connectivity index (χ1v) is 12.1. The summed E-state index contributed by atoms with van der Waals surface area (Å²) in [6.45, 7) is 3.68. The summed E-state index contributed by atoms with van der Waals surface area (Å²) in [7, 11) is 6.21. The molecule has 0 bridgehead atoms. The molecule has 0 aromatic heterocycles. The van der Waals surface area contributed by atoms with Crippen LogP contribution in [-0.4, -0.2) is 56.0 Å². The summed E-state index contributed by atoms with van der Waals surface area (Å²) >= 11 is 0. The van der Waals surface area contributed by atoms with Gasteiger partial charge in [0.1, 0.15) is 12.6 Å². The number of carboxylic acid groups (broad SMARTS) is 1. The Balaban J connectivity index is 3.47. The number of hydrogen-bond acceptors (Lipinski definition) is 2. The molecule has 0 spiro atoms. The predicted octanol–water partition coefficient (Wildman–Crippen LogP) is 6.59. The largest absolute Gasteiger partial charge is 0.481 e. The minimum Gasteiger partial charge on any atom is -0.481 e. The number of unbranched alkanes of at least 4 members (excludes halogenated alkanes) is 12. The van der Waals surface area contributed by atoms with E-state index < -0.39 is 5.97 Å². The van der Waals surface area contributed by atoms with Crippen LogP contribution in [0.2, 0.25) is 0 Å². The van der Waals surface area contributed by atoms with Crippen molar-refractivity contribution in [3.63, 3.8) is 0 Å². The van der Waals surface area contributed by atoms with Crippen LogP contribution in [0.5, 0.6) is 0 Å². The summed E-state index contributed by atoms with van der Waals surface area (Å²) in [6, 6.07) is 0. The van der Waals surface area contributed by atoms with Crippen LogP contribution in [0.1, 0.15) is 103 Å². The first-order valence-electron chi connectivity index (χ1n) is 12.1. The summed E-state index contributed by atoms with van der Waals surface area (Å²) in [5.74, 6) is -0.774. The summed E-state index contributed by atoms with van der Waals surface area (Å²) in [5.41, 5.74) is 0. The fourth-order valence-corrected chi connectivity index (χ4v) is 3.58. The van der Waals surface area contributed by atoms with E-state index in [1.165, 1.54) is 83.5 Å². The van der Waals surface area contributed by atoms with Gasteiger partial charge in [0.05, 0.1) is 27.6 Å². The minimum atomic E-state index is -0.774. The second-order valence-electron chi connectivity index (χ2n) is 9.50. The zero-order chi connectivity index (χ0) is 21.8. The first kappa shape index (κ1) is 28.1. The van der Waals surface area contributed by atoms with Gasteiger partial charge < -0.3 is 14.3 Å². The number of aliphatic carboxylic acids is 1. The zero-order valence-corrected chi connectivity index (χ0v) is 20.0. The van der Waals surface area contributed by atoms with Crippen LogP contribution in [0.4, 0.5) is 0 Å². The first-order chi connectivity index (χ1) is 13.8. The number of carbonyl (C=O) groups is 1. The standard InChI is InChI=1S/C25H49NO3/c1-5-6-7-8-9-10-11-12-13-14-15-16-17-18-19-20-21-29-24(22-25(27)28)23-26(2,3)4/h12-13,24H,5-11,14-23H2,1-4H3/p+1/b13-12-. The quantitative estimate of drug-likeness (QED) is 0.131. The number of likely N-dealkylation sites (N-methyl/N-ethyl adjacent to an activating group) is 1. The highest BCUT2D eigenvalue weighted by molar-refractivity contribution is 5.67. The van der Waals surface area contributed by atoms with Crippen LogP contribution < -0.4 is 0 Å². The van der Waals surface area contributed by atoms with Crippen molar-refractivity contribution in [2.75, 3.05) is 34.3 Å². The van der Waals surface area contributed by atoms with Gasteiger partial charge in [-0.3, -0.25) is 4.79 Å². The van der Waals surface area contributed by atoms with Crippen LogP contribution in [0.25, 0.3) is 0 Å². The summed E-state index contributed by atoms with van der Waals surface area (Å²) in [4.78, 5) is 11.0. The highest BCUT2D eigenvalue weighted by atomic mass is 16.5.